The van der Waals surface area contributed by atoms with Gasteiger partial charge in [0.15, 0.2) is 0 Å². The Balaban J connectivity index is 2.10. The van der Waals surface area contributed by atoms with Crippen molar-refractivity contribution in [1.82, 2.24) is 0 Å². The molecule has 0 fully saturated rings. The molecule has 2 aromatic carbocycles. The van der Waals surface area contributed by atoms with Crippen LogP contribution in [0.4, 0.5) is 22.0 Å². The minimum absolute atomic E-state index is 0.0112. The van der Waals surface area contributed by atoms with Crippen molar-refractivity contribution >= 4 is 5.97 Å². The van der Waals surface area contributed by atoms with E-state index in [1.807, 2.05) is 0 Å². The molecule has 3 rings (SSSR count). The number of halogens is 5. The number of alkyl halides is 5. The van der Waals surface area contributed by atoms with Crippen molar-refractivity contribution in [3.63, 3.8) is 0 Å². The van der Waals surface area contributed by atoms with Crippen LogP contribution in [-0.2, 0) is 10.2 Å². The van der Waals surface area contributed by atoms with Crippen LogP contribution in [-0.4, -0.2) is 40.0 Å². The maximum absolute atomic E-state index is 14.0. The van der Waals surface area contributed by atoms with Gasteiger partial charge in [0, 0.05) is 23.8 Å². The van der Waals surface area contributed by atoms with Crippen molar-refractivity contribution in [2.24, 2.45) is 5.41 Å². The lowest BCUT2D eigenvalue weighted by Crippen LogP contribution is -2.51. The summed E-state index contributed by atoms with van der Waals surface area (Å²) in [5.74, 6) is -7.02. The van der Waals surface area contributed by atoms with Crippen molar-refractivity contribution in [1.29, 1.82) is 0 Å². The number of carboxylic acids is 1. The number of aliphatic carboxylic acids is 1. The zero-order valence-electron chi connectivity index (χ0n) is 24.2. The van der Waals surface area contributed by atoms with Crippen LogP contribution in [0.1, 0.15) is 102 Å². The minimum atomic E-state index is -5.74. The fraction of sp³-hybridized carbons (Fsp3) is 0.594. The first-order valence-corrected chi connectivity index (χ1v) is 14.6. The molecule has 3 unspecified atom stereocenters. The van der Waals surface area contributed by atoms with E-state index in [-0.39, 0.29) is 30.3 Å². The molecule has 2 aromatic rings. The van der Waals surface area contributed by atoms with E-state index >= 15 is 0 Å². The maximum atomic E-state index is 14.0. The molecule has 0 saturated heterocycles. The molecule has 42 heavy (non-hydrogen) atoms. The van der Waals surface area contributed by atoms with Crippen LogP contribution >= 0.6 is 0 Å². The highest BCUT2D eigenvalue weighted by Gasteiger charge is 2.59. The molecular weight excluding hydrogens is 559 g/mol. The van der Waals surface area contributed by atoms with Crippen LogP contribution in [0.5, 0.6) is 17.2 Å². The summed E-state index contributed by atoms with van der Waals surface area (Å²) in [6.45, 7) is 3.84. The highest BCUT2D eigenvalue weighted by Crippen LogP contribution is 2.59. The van der Waals surface area contributed by atoms with Crippen LogP contribution in [0.15, 0.2) is 42.5 Å². The lowest BCUT2D eigenvalue weighted by atomic mass is 9.54. The van der Waals surface area contributed by atoms with Gasteiger partial charge < -0.3 is 20.1 Å². The van der Waals surface area contributed by atoms with E-state index in [1.54, 1.807) is 25.1 Å². The van der Waals surface area contributed by atoms with Crippen LogP contribution in [0.25, 0.3) is 0 Å². The zero-order chi connectivity index (χ0) is 31.2. The van der Waals surface area contributed by atoms with Gasteiger partial charge in [-0.25, -0.2) is 0 Å². The summed E-state index contributed by atoms with van der Waals surface area (Å²) in [7, 11) is 0. The SMILES string of the molecule is CCCCCCCCCC(CCCC(F)(F)C(F)(F)F)(C(=O)O)C1c2ccc(O)cc2OCC1(C)c1ccc(O)cc1. The maximum Gasteiger partial charge on any atom is 0.453 e. The van der Waals surface area contributed by atoms with Crippen LogP contribution in [0, 0.1) is 5.41 Å². The number of fused-ring (bicyclic) bond motifs is 1. The Hall–Kier alpha value is -3.04. The summed E-state index contributed by atoms with van der Waals surface area (Å²) < 4.78 is 73.1. The molecule has 10 heteroatoms. The third-order valence-corrected chi connectivity index (χ3v) is 8.73. The number of ether oxygens (including phenoxy) is 1. The fourth-order valence-electron chi connectivity index (χ4n) is 6.46. The number of phenolic OH excluding ortho intramolecular Hbond substituents is 2. The number of hydrogen-bond acceptors (Lipinski definition) is 4. The largest absolute Gasteiger partial charge is 0.508 e. The van der Waals surface area contributed by atoms with Crippen molar-refractivity contribution in [3.05, 3.63) is 53.6 Å². The van der Waals surface area contributed by atoms with E-state index in [2.05, 4.69) is 6.92 Å². The summed E-state index contributed by atoms with van der Waals surface area (Å²) >= 11 is 0. The molecule has 0 saturated carbocycles. The summed E-state index contributed by atoms with van der Waals surface area (Å²) in [6.07, 6.45) is -2.11. The number of rotatable bonds is 15. The first kappa shape index (κ1) is 33.5. The first-order valence-electron chi connectivity index (χ1n) is 14.6. The Morgan fingerprint density at radius 3 is 2.02 bits per heavy atom. The topological polar surface area (TPSA) is 87.0 Å². The van der Waals surface area contributed by atoms with Gasteiger partial charge in [-0.2, -0.15) is 22.0 Å². The summed E-state index contributed by atoms with van der Waals surface area (Å²) in [5, 5.41) is 30.9. The van der Waals surface area contributed by atoms with E-state index in [4.69, 9.17) is 4.74 Å². The Kier molecular flexibility index (Phi) is 10.8. The number of aromatic hydroxyl groups is 2. The van der Waals surface area contributed by atoms with E-state index in [0.29, 0.717) is 24.0 Å². The van der Waals surface area contributed by atoms with Gasteiger partial charge in [-0.05, 0) is 48.6 Å². The van der Waals surface area contributed by atoms with E-state index < -0.39 is 54.1 Å². The van der Waals surface area contributed by atoms with Crippen LogP contribution in [0.3, 0.4) is 0 Å². The standard InChI is InChI=1S/C32H41F5O5/c1-3-4-5-6-7-8-9-17-30(28(40)41,18-10-19-31(33,34)32(35,36)37)27-25-16-15-24(39)20-26(25)42-21-29(27,2)22-11-13-23(38)14-12-22/h11-16,20,27,38-39H,3-10,17-19,21H2,1-2H3,(H,40,41). The highest BCUT2D eigenvalue weighted by atomic mass is 19.4. The summed E-state index contributed by atoms with van der Waals surface area (Å²) in [4.78, 5) is 13.4. The van der Waals surface area contributed by atoms with E-state index in [9.17, 15) is 42.1 Å². The van der Waals surface area contributed by atoms with Gasteiger partial charge in [-0.15, -0.1) is 0 Å². The van der Waals surface area contributed by atoms with Crippen molar-refractivity contribution in [2.75, 3.05) is 6.61 Å². The van der Waals surface area contributed by atoms with Gasteiger partial charge in [0.05, 0.1) is 12.0 Å². The lowest BCUT2D eigenvalue weighted by Gasteiger charge is -2.51. The third kappa shape index (κ3) is 7.29. The Bertz CT molecular complexity index is 1180. The normalized spacial score (nSPS) is 20.4. The molecule has 0 aromatic heterocycles. The average molecular weight is 601 g/mol. The first-order chi connectivity index (χ1) is 19.7. The number of hydrogen-bond donors (Lipinski definition) is 3. The summed E-state index contributed by atoms with van der Waals surface area (Å²) in [6, 6.07) is 10.5. The molecule has 3 atom stereocenters. The Morgan fingerprint density at radius 1 is 0.857 bits per heavy atom. The molecule has 1 heterocycles. The summed E-state index contributed by atoms with van der Waals surface area (Å²) in [5.41, 5.74) is -1.74. The molecule has 0 aliphatic carbocycles. The minimum Gasteiger partial charge on any atom is -0.508 e. The molecule has 1 aliphatic heterocycles. The second-order valence-corrected chi connectivity index (χ2v) is 11.8. The second kappa shape index (κ2) is 13.5. The van der Waals surface area contributed by atoms with Gasteiger partial charge in [-0.1, -0.05) is 77.0 Å². The van der Waals surface area contributed by atoms with Crippen LogP contribution in [0.2, 0.25) is 0 Å². The predicted octanol–water partition coefficient (Wildman–Crippen LogP) is 9.11. The van der Waals surface area contributed by atoms with Crippen molar-refractivity contribution < 1.29 is 46.8 Å². The molecule has 0 spiro atoms. The van der Waals surface area contributed by atoms with Crippen molar-refractivity contribution in [2.45, 2.75) is 108 Å². The molecule has 1 aliphatic rings. The third-order valence-electron chi connectivity index (χ3n) is 8.73. The number of unbranched alkanes of at least 4 members (excludes halogenated alkanes) is 6. The molecule has 0 radical (unpaired) electrons. The van der Waals surface area contributed by atoms with Gasteiger partial charge in [0.2, 0.25) is 0 Å². The molecule has 234 valence electrons. The monoisotopic (exact) mass is 600 g/mol. The van der Waals surface area contributed by atoms with Gasteiger partial charge in [0.1, 0.15) is 17.2 Å². The van der Waals surface area contributed by atoms with E-state index in [0.717, 1.165) is 32.1 Å². The molecular formula is C32H41F5O5. The van der Waals surface area contributed by atoms with Gasteiger partial charge >= 0.3 is 18.1 Å². The Labute approximate surface area is 243 Å². The number of benzene rings is 2. The van der Waals surface area contributed by atoms with Gasteiger partial charge in [0.25, 0.3) is 0 Å². The lowest BCUT2D eigenvalue weighted by molar-refractivity contribution is -0.285. The number of phenols is 2. The van der Waals surface area contributed by atoms with Crippen molar-refractivity contribution in [3.8, 4) is 17.2 Å². The molecule has 0 bridgehead atoms. The molecule has 3 N–H and O–H groups in total. The second-order valence-electron chi connectivity index (χ2n) is 11.8. The number of carbonyl (C=O) groups is 1. The highest BCUT2D eigenvalue weighted by molar-refractivity contribution is 5.77. The average Bonchev–Trinajstić information content (AvgIpc) is 2.91. The molecule has 0 amide bonds. The number of carboxylic acid groups (broad SMARTS) is 1. The van der Waals surface area contributed by atoms with Crippen LogP contribution < -0.4 is 4.74 Å². The Morgan fingerprint density at radius 2 is 1.43 bits per heavy atom. The predicted molar refractivity (Wildman–Crippen MR) is 149 cm³/mol. The smallest absolute Gasteiger partial charge is 0.453 e. The zero-order valence-corrected chi connectivity index (χ0v) is 24.2. The van der Waals surface area contributed by atoms with Gasteiger partial charge in [-0.3, -0.25) is 4.79 Å². The molecule has 5 nitrogen and oxygen atoms in total. The quantitative estimate of drug-likeness (QED) is 0.140. The van der Waals surface area contributed by atoms with E-state index in [1.165, 1.54) is 24.3 Å². The fourth-order valence-corrected chi connectivity index (χ4v) is 6.46.